The minimum absolute atomic E-state index is 0.753. The number of nitrogens with one attached hydrogen (secondary N) is 1. The zero-order chi connectivity index (χ0) is 4.41. The zero-order valence-corrected chi connectivity index (χ0v) is 3.32. The number of carbonyl (C=O) groups excluding carboxylic acids is 1. The summed E-state index contributed by atoms with van der Waals surface area (Å²) < 4.78 is 0. The molecule has 0 amide bonds. The van der Waals surface area contributed by atoms with E-state index in [4.69, 9.17) is 0 Å². The van der Waals surface area contributed by atoms with Gasteiger partial charge in [0.1, 0.15) is 5.94 Å². The van der Waals surface area contributed by atoms with E-state index in [9.17, 15) is 4.79 Å². The Labute approximate surface area is 35.9 Å². The minimum Gasteiger partial charge on any atom is -0.308 e. The molecule has 0 radical (unpaired) electrons. The van der Waals surface area contributed by atoms with E-state index in [0.717, 1.165) is 18.7 Å². The number of hydrogen-bond acceptors (Lipinski definition) is 2. The van der Waals surface area contributed by atoms with E-state index in [1.54, 1.807) is 5.94 Å². The van der Waals surface area contributed by atoms with Crippen LogP contribution in [-0.4, -0.2) is 19.0 Å². The van der Waals surface area contributed by atoms with Crippen molar-refractivity contribution in [3.63, 3.8) is 0 Å². The molecule has 1 rings (SSSR count). The lowest BCUT2D eigenvalue weighted by atomic mass is 10.2. The molecule has 1 N–H and O–H groups in total. The van der Waals surface area contributed by atoms with E-state index < -0.39 is 0 Å². The molecule has 0 aromatic heterocycles. The van der Waals surface area contributed by atoms with Crippen LogP contribution < -0.4 is 5.32 Å². The highest BCUT2D eigenvalue weighted by atomic mass is 16.1. The Balaban J connectivity index is 2.55. The van der Waals surface area contributed by atoms with Gasteiger partial charge in [0.05, 0.1) is 0 Å². The second kappa shape index (κ2) is 1.25. The molecule has 0 unspecified atom stereocenters. The van der Waals surface area contributed by atoms with Crippen molar-refractivity contribution in [1.82, 2.24) is 5.32 Å². The molecule has 0 spiro atoms. The number of hydrogen-bond donors (Lipinski definition) is 1. The molecule has 6 heavy (non-hydrogen) atoms. The normalized spacial score (nSPS) is 19.0. The van der Waals surface area contributed by atoms with Gasteiger partial charge in [0.25, 0.3) is 0 Å². The van der Waals surface area contributed by atoms with E-state index in [0.29, 0.717) is 0 Å². The molecular weight excluding hydrogens is 78.0 g/mol. The van der Waals surface area contributed by atoms with Gasteiger partial charge in [0.2, 0.25) is 0 Å². The summed E-state index contributed by atoms with van der Waals surface area (Å²) in [5, 5.41) is 2.91. The SMILES string of the molecule is O=C=C1CNC1. The van der Waals surface area contributed by atoms with E-state index >= 15 is 0 Å². The van der Waals surface area contributed by atoms with Crippen LogP contribution >= 0.6 is 0 Å². The Morgan fingerprint density at radius 1 is 1.67 bits per heavy atom. The third-order valence-electron chi connectivity index (χ3n) is 0.821. The van der Waals surface area contributed by atoms with Crippen LogP contribution in [0.4, 0.5) is 0 Å². The third-order valence-corrected chi connectivity index (χ3v) is 0.821. The van der Waals surface area contributed by atoms with E-state index in [2.05, 4.69) is 5.32 Å². The van der Waals surface area contributed by atoms with Crippen LogP contribution in [0.15, 0.2) is 5.57 Å². The Morgan fingerprint density at radius 3 is 2.33 bits per heavy atom. The first-order valence-electron chi connectivity index (χ1n) is 1.87. The van der Waals surface area contributed by atoms with E-state index in [1.807, 2.05) is 0 Å². The predicted molar refractivity (Wildman–Crippen MR) is 22.1 cm³/mol. The van der Waals surface area contributed by atoms with Gasteiger partial charge in [-0.05, 0) is 0 Å². The maximum atomic E-state index is 9.59. The summed E-state index contributed by atoms with van der Waals surface area (Å²) in [7, 11) is 0. The topological polar surface area (TPSA) is 29.1 Å². The lowest BCUT2D eigenvalue weighted by molar-refractivity contribution is 0.558. The quantitative estimate of drug-likeness (QED) is 0.394. The fraction of sp³-hybridized carbons (Fsp3) is 0.500. The Hall–Kier alpha value is -0.590. The number of rotatable bonds is 0. The van der Waals surface area contributed by atoms with Gasteiger partial charge in [-0.25, -0.2) is 4.79 Å². The highest BCUT2D eigenvalue weighted by Gasteiger charge is 2.05. The van der Waals surface area contributed by atoms with Crippen LogP contribution in [0.5, 0.6) is 0 Å². The van der Waals surface area contributed by atoms with Crippen molar-refractivity contribution in [2.75, 3.05) is 13.1 Å². The molecule has 1 fully saturated rings. The van der Waals surface area contributed by atoms with E-state index in [1.165, 1.54) is 0 Å². The van der Waals surface area contributed by atoms with Gasteiger partial charge in [-0.3, -0.25) is 0 Å². The van der Waals surface area contributed by atoms with Crippen LogP contribution in [0.1, 0.15) is 0 Å². The fourth-order valence-corrected chi connectivity index (χ4v) is 0.322. The first kappa shape index (κ1) is 3.59. The maximum absolute atomic E-state index is 9.59. The lowest BCUT2D eigenvalue weighted by Crippen LogP contribution is -2.33. The van der Waals surface area contributed by atoms with Crippen LogP contribution in [0, 0.1) is 0 Å². The molecule has 0 saturated carbocycles. The molecule has 2 heteroatoms. The zero-order valence-electron chi connectivity index (χ0n) is 3.32. The van der Waals surface area contributed by atoms with Gasteiger partial charge in [0.15, 0.2) is 0 Å². The predicted octanol–water partition coefficient (Wildman–Crippen LogP) is -0.652. The molecule has 0 aromatic carbocycles. The average Bonchev–Trinajstić information content (AvgIpc) is 1.31. The molecule has 2 nitrogen and oxygen atoms in total. The van der Waals surface area contributed by atoms with Gasteiger partial charge in [-0.2, -0.15) is 0 Å². The van der Waals surface area contributed by atoms with Gasteiger partial charge in [0, 0.05) is 18.7 Å². The van der Waals surface area contributed by atoms with Crippen molar-refractivity contribution in [2.24, 2.45) is 0 Å². The Bertz CT molecular complexity index is 96.1. The van der Waals surface area contributed by atoms with Gasteiger partial charge in [-0.15, -0.1) is 0 Å². The smallest absolute Gasteiger partial charge is 0.126 e. The van der Waals surface area contributed by atoms with Gasteiger partial charge >= 0.3 is 0 Å². The van der Waals surface area contributed by atoms with Crippen LogP contribution in [0.3, 0.4) is 0 Å². The Morgan fingerprint density at radius 2 is 2.33 bits per heavy atom. The molecule has 0 atom stereocenters. The standard InChI is InChI=1S/C4H5NO/c6-3-4-1-5-2-4/h5H,1-2H2. The largest absolute Gasteiger partial charge is 0.308 e. The molecule has 0 aromatic rings. The second-order valence-electron chi connectivity index (χ2n) is 1.31. The van der Waals surface area contributed by atoms with E-state index in [-0.39, 0.29) is 0 Å². The molecule has 0 bridgehead atoms. The molecular formula is C4H5NO. The summed E-state index contributed by atoms with van der Waals surface area (Å²) in [6.45, 7) is 1.51. The first-order valence-corrected chi connectivity index (χ1v) is 1.87. The van der Waals surface area contributed by atoms with Crippen molar-refractivity contribution >= 4 is 5.94 Å². The summed E-state index contributed by atoms with van der Waals surface area (Å²) in [5.74, 6) is 1.81. The summed E-state index contributed by atoms with van der Waals surface area (Å²) in [6, 6.07) is 0. The van der Waals surface area contributed by atoms with Crippen molar-refractivity contribution in [3.05, 3.63) is 5.57 Å². The van der Waals surface area contributed by atoms with Crippen molar-refractivity contribution in [2.45, 2.75) is 0 Å². The molecule has 1 saturated heterocycles. The molecule has 1 heterocycles. The molecule has 0 aliphatic carbocycles. The first-order chi connectivity index (χ1) is 2.93. The molecule has 32 valence electrons. The molecule has 1 aliphatic heterocycles. The minimum atomic E-state index is 0.753. The summed E-state index contributed by atoms with van der Waals surface area (Å²) in [4.78, 5) is 9.59. The van der Waals surface area contributed by atoms with Crippen molar-refractivity contribution in [3.8, 4) is 0 Å². The van der Waals surface area contributed by atoms with Crippen molar-refractivity contribution < 1.29 is 4.79 Å². The van der Waals surface area contributed by atoms with Crippen molar-refractivity contribution in [1.29, 1.82) is 0 Å². The summed E-state index contributed by atoms with van der Waals surface area (Å²) >= 11 is 0. The van der Waals surface area contributed by atoms with Gasteiger partial charge in [-0.1, -0.05) is 0 Å². The third kappa shape index (κ3) is 0.361. The highest BCUT2D eigenvalue weighted by molar-refractivity contribution is 5.55. The molecule has 1 aliphatic rings. The monoisotopic (exact) mass is 83.0 g/mol. The summed E-state index contributed by atoms with van der Waals surface area (Å²) in [5.41, 5.74) is 0.856. The van der Waals surface area contributed by atoms with Gasteiger partial charge < -0.3 is 5.32 Å². The van der Waals surface area contributed by atoms with Crippen LogP contribution in [0.2, 0.25) is 0 Å². The average molecular weight is 83.1 g/mol. The highest BCUT2D eigenvalue weighted by Crippen LogP contribution is 1.91. The fourth-order valence-electron chi connectivity index (χ4n) is 0.322. The lowest BCUT2D eigenvalue weighted by Gasteiger charge is -2.12. The van der Waals surface area contributed by atoms with Crippen LogP contribution in [0.25, 0.3) is 0 Å². The maximum Gasteiger partial charge on any atom is 0.126 e. The summed E-state index contributed by atoms with van der Waals surface area (Å²) in [6.07, 6.45) is 0. The Kier molecular flexibility index (Phi) is 0.748. The second-order valence-corrected chi connectivity index (χ2v) is 1.31. The van der Waals surface area contributed by atoms with Crippen LogP contribution in [-0.2, 0) is 4.79 Å².